The number of aryl methyl sites for hydroxylation is 1. The highest BCUT2D eigenvalue weighted by Crippen LogP contribution is 2.28. The van der Waals surface area contributed by atoms with E-state index in [4.69, 9.17) is 19.9 Å². The Bertz CT molecular complexity index is 1480. The summed E-state index contributed by atoms with van der Waals surface area (Å²) >= 11 is 0. The van der Waals surface area contributed by atoms with Gasteiger partial charge < -0.3 is 19.9 Å². The summed E-state index contributed by atoms with van der Waals surface area (Å²) in [7, 11) is 1.56. The van der Waals surface area contributed by atoms with Crippen LogP contribution in [-0.2, 0) is 17.9 Å². The average molecular weight is 548 g/mol. The molecule has 0 atom stereocenters. The van der Waals surface area contributed by atoms with Crippen molar-refractivity contribution in [2.24, 2.45) is 5.10 Å². The molecule has 0 spiro atoms. The quantitative estimate of drug-likeness (QED) is 0.219. The lowest BCUT2D eigenvalue weighted by molar-refractivity contribution is 0.0335. The van der Waals surface area contributed by atoms with E-state index in [9.17, 15) is 4.79 Å². The highest BCUT2D eigenvalue weighted by molar-refractivity contribution is 5.95. The molecule has 1 fully saturated rings. The first-order chi connectivity index (χ1) is 19.5. The molecule has 1 aliphatic heterocycles. The van der Waals surface area contributed by atoms with Crippen molar-refractivity contribution < 1.29 is 23.6 Å². The molecule has 40 heavy (non-hydrogen) atoms. The third kappa shape index (κ3) is 6.24. The molecule has 5 rings (SSSR count). The number of nitrogens with zero attached hydrogens (tertiary/aromatic N) is 7. The Labute approximate surface area is 229 Å². The maximum absolute atomic E-state index is 13.3. The fourth-order valence-corrected chi connectivity index (χ4v) is 4.05. The summed E-state index contributed by atoms with van der Waals surface area (Å²) in [5.74, 6) is 0.590. The van der Waals surface area contributed by atoms with Gasteiger partial charge in [-0.15, -0.1) is 5.10 Å². The molecule has 0 unspecified atom stereocenters. The lowest BCUT2D eigenvalue weighted by Gasteiger charge is -2.25. The number of methoxy groups -OCH3 is 1. The van der Waals surface area contributed by atoms with Gasteiger partial charge in [-0.1, -0.05) is 35.0 Å². The van der Waals surface area contributed by atoms with Crippen molar-refractivity contribution in [2.75, 3.05) is 39.1 Å². The Morgan fingerprint density at radius 1 is 1.15 bits per heavy atom. The number of benzene rings is 2. The number of nitrogen functional groups attached to an aromatic ring is 1. The summed E-state index contributed by atoms with van der Waals surface area (Å²) in [5, 5.41) is 19.7. The highest BCUT2D eigenvalue weighted by atomic mass is 16.6. The van der Waals surface area contributed by atoms with Gasteiger partial charge >= 0.3 is 0 Å². The Balaban J connectivity index is 1.29. The fraction of sp³-hybridized carbons (Fsp3) is 0.308. The number of ether oxygens (including phenoxy) is 3. The summed E-state index contributed by atoms with van der Waals surface area (Å²) in [6.45, 7) is 5.41. The van der Waals surface area contributed by atoms with Gasteiger partial charge in [0, 0.05) is 19.6 Å². The van der Waals surface area contributed by atoms with Gasteiger partial charge in [0.05, 0.1) is 26.5 Å². The van der Waals surface area contributed by atoms with E-state index in [0.717, 1.165) is 5.56 Å². The zero-order valence-electron chi connectivity index (χ0n) is 22.1. The van der Waals surface area contributed by atoms with Crippen LogP contribution in [0.4, 0.5) is 5.82 Å². The molecular weight excluding hydrogens is 518 g/mol. The Morgan fingerprint density at radius 2 is 1.95 bits per heavy atom. The number of amides is 1. The van der Waals surface area contributed by atoms with Gasteiger partial charge in [0.15, 0.2) is 17.2 Å². The lowest BCUT2D eigenvalue weighted by Crippen LogP contribution is -2.36. The number of morpholine rings is 1. The maximum Gasteiger partial charge on any atom is 0.292 e. The minimum Gasteiger partial charge on any atom is -0.493 e. The molecule has 4 aromatic rings. The van der Waals surface area contributed by atoms with Crippen LogP contribution in [0, 0.1) is 6.92 Å². The summed E-state index contributed by atoms with van der Waals surface area (Å²) in [4.78, 5) is 15.4. The predicted molar refractivity (Wildman–Crippen MR) is 143 cm³/mol. The predicted octanol–water partition coefficient (Wildman–Crippen LogP) is 1.72. The number of carbonyl (C=O) groups is 1. The Morgan fingerprint density at radius 3 is 2.67 bits per heavy atom. The number of anilines is 1. The molecule has 0 bridgehead atoms. The Hall–Kier alpha value is -4.82. The second-order valence-corrected chi connectivity index (χ2v) is 9.04. The van der Waals surface area contributed by atoms with Gasteiger partial charge in [-0.25, -0.2) is 10.1 Å². The van der Waals surface area contributed by atoms with Crippen molar-refractivity contribution in [1.29, 1.82) is 0 Å². The topological polar surface area (TPSA) is 168 Å². The van der Waals surface area contributed by atoms with Crippen molar-refractivity contribution in [1.82, 2.24) is 35.6 Å². The fourth-order valence-electron chi connectivity index (χ4n) is 4.05. The molecule has 14 nitrogen and oxygen atoms in total. The first-order valence-electron chi connectivity index (χ1n) is 12.5. The maximum atomic E-state index is 13.3. The van der Waals surface area contributed by atoms with E-state index in [1.54, 1.807) is 25.3 Å². The van der Waals surface area contributed by atoms with Crippen molar-refractivity contribution in [3.8, 4) is 17.3 Å². The van der Waals surface area contributed by atoms with E-state index in [1.807, 2.05) is 31.2 Å². The first kappa shape index (κ1) is 26.8. The molecule has 3 heterocycles. The summed E-state index contributed by atoms with van der Waals surface area (Å²) in [6, 6.07) is 13.5. The van der Waals surface area contributed by atoms with Crippen molar-refractivity contribution in [3.05, 3.63) is 70.5 Å². The molecule has 0 aliphatic carbocycles. The minimum atomic E-state index is -0.558. The normalized spacial score (nSPS) is 13.9. The zero-order valence-corrected chi connectivity index (χ0v) is 22.1. The van der Waals surface area contributed by atoms with E-state index >= 15 is 0 Å². The standard InChI is InChI=1S/C26H29N9O5/c1-17-3-5-18(6-4-17)16-39-21-8-7-19(13-22(21)37-2)14-28-30-26(36)23-20(15-34-9-11-38-12-10-34)29-33-35(23)25-24(27)31-40-32-25/h3-8,13-14H,9-12,15-16H2,1-2H3,(H2,27,31)(H,30,36)/b28-14+. The van der Waals surface area contributed by atoms with E-state index in [1.165, 1.54) is 16.5 Å². The second kappa shape index (κ2) is 12.4. The van der Waals surface area contributed by atoms with Crippen LogP contribution in [-0.4, -0.2) is 75.7 Å². The Kier molecular flexibility index (Phi) is 8.27. The van der Waals surface area contributed by atoms with E-state index in [2.05, 4.69) is 40.7 Å². The third-order valence-corrected chi connectivity index (χ3v) is 6.21. The molecule has 14 heteroatoms. The largest absolute Gasteiger partial charge is 0.493 e. The SMILES string of the molecule is COc1cc(/C=N/NC(=O)c2c(CN3CCOCC3)nnn2-c2nonc2N)ccc1OCc1ccc(C)cc1. The number of hydrogen-bond acceptors (Lipinski definition) is 12. The highest BCUT2D eigenvalue weighted by Gasteiger charge is 2.26. The van der Waals surface area contributed by atoms with Crippen LogP contribution in [0.1, 0.15) is 32.9 Å². The number of hydrazone groups is 1. The van der Waals surface area contributed by atoms with E-state index in [0.29, 0.717) is 62.2 Å². The lowest BCUT2D eigenvalue weighted by atomic mass is 10.2. The molecule has 1 amide bonds. The van der Waals surface area contributed by atoms with Crippen LogP contribution >= 0.6 is 0 Å². The molecule has 2 aromatic heterocycles. The van der Waals surface area contributed by atoms with Gasteiger partial charge in [-0.05, 0) is 46.6 Å². The number of nitrogens with two attached hydrogens (primary N) is 1. The first-order valence-corrected chi connectivity index (χ1v) is 12.5. The van der Waals surface area contributed by atoms with E-state index in [-0.39, 0.29) is 17.3 Å². The van der Waals surface area contributed by atoms with Crippen LogP contribution < -0.4 is 20.6 Å². The molecule has 0 saturated carbocycles. The van der Waals surface area contributed by atoms with E-state index < -0.39 is 5.91 Å². The number of nitrogens with one attached hydrogen (secondary N) is 1. The summed E-state index contributed by atoms with van der Waals surface area (Å²) in [6.07, 6.45) is 1.49. The van der Waals surface area contributed by atoms with Crippen LogP contribution in [0.2, 0.25) is 0 Å². The number of rotatable bonds is 10. The molecular formula is C26H29N9O5. The number of hydrogen-bond donors (Lipinski definition) is 2. The van der Waals surface area contributed by atoms with Crippen LogP contribution in [0.5, 0.6) is 11.5 Å². The second-order valence-electron chi connectivity index (χ2n) is 9.04. The van der Waals surface area contributed by atoms with Crippen LogP contribution in [0.25, 0.3) is 5.82 Å². The van der Waals surface area contributed by atoms with Crippen molar-refractivity contribution >= 4 is 17.9 Å². The number of aromatic nitrogens is 5. The van der Waals surface area contributed by atoms with Crippen molar-refractivity contribution in [2.45, 2.75) is 20.1 Å². The zero-order chi connectivity index (χ0) is 27.9. The van der Waals surface area contributed by atoms with Gasteiger partial charge in [-0.2, -0.15) is 9.78 Å². The van der Waals surface area contributed by atoms with Gasteiger partial charge in [-0.3, -0.25) is 9.69 Å². The van der Waals surface area contributed by atoms with Crippen LogP contribution in [0.15, 0.2) is 52.2 Å². The smallest absolute Gasteiger partial charge is 0.292 e. The number of carbonyl (C=O) groups excluding carboxylic acids is 1. The summed E-state index contributed by atoms with van der Waals surface area (Å²) < 4.78 is 22.7. The van der Waals surface area contributed by atoms with Gasteiger partial charge in [0.25, 0.3) is 5.91 Å². The third-order valence-electron chi connectivity index (χ3n) is 6.21. The molecule has 3 N–H and O–H groups in total. The van der Waals surface area contributed by atoms with Gasteiger partial charge in [0.1, 0.15) is 12.3 Å². The van der Waals surface area contributed by atoms with Crippen LogP contribution in [0.3, 0.4) is 0 Å². The minimum absolute atomic E-state index is 0.0304. The molecule has 1 saturated heterocycles. The van der Waals surface area contributed by atoms with Crippen molar-refractivity contribution in [3.63, 3.8) is 0 Å². The molecule has 2 aromatic carbocycles. The molecule has 208 valence electrons. The molecule has 1 aliphatic rings. The average Bonchev–Trinajstić information content (AvgIpc) is 3.59. The van der Waals surface area contributed by atoms with Gasteiger partial charge in [0.2, 0.25) is 11.6 Å². The monoisotopic (exact) mass is 547 g/mol. The summed E-state index contributed by atoms with van der Waals surface area (Å²) in [5.41, 5.74) is 11.8. The molecule has 0 radical (unpaired) electrons.